The molecule has 2 N–H and O–H groups in total. The van der Waals surface area contributed by atoms with Crippen molar-refractivity contribution in [3.8, 4) is 17.0 Å². The third-order valence-corrected chi connectivity index (χ3v) is 3.00. The van der Waals surface area contributed by atoms with Gasteiger partial charge in [-0.15, -0.1) is 0 Å². The maximum absolute atomic E-state index is 13.2. The summed E-state index contributed by atoms with van der Waals surface area (Å²) in [6.07, 6.45) is 1.59. The largest absolute Gasteiger partial charge is 0.508 e. The maximum atomic E-state index is 13.2. The predicted molar refractivity (Wildman–Crippen MR) is 68.2 cm³/mol. The Morgan fingerprint density at radius 2 is 2.06 bits per heavy atom. The zero-order valence-electron chi connectivity index (χ0n) is 9.11. The molecule has 3 nitrogen and oxygen atoms in total. The van der Waals surface area contributed by atoms with Gasteiger partial charge in [-0.25, -0.2) is 9.37 Å². The van der Waals surface area contributed by atoms with E-state index in [2.05, 4.69) is 9.97 Å². The Hall–Kier alpha value is -2.07. The van der Waals surface area contributed by atoms with Crippen LogP contribution in [0.5, 0.6) is 5.75 Å². The highest BCUT2D eigenvalue weighted by molar-refractivity contribution is 6.35. The van der Waals surface area contributed by atoms with E-state index in [9.17, 15) is 9.50 Å². The topological polar surface area (TPSA) is 48.9 Å². The summed E-state index contributed by atoms with van der Waals surface area (Å²) in [4.78, 5) is 7.17. The molecule has 5 heteroatoms. The van der Waals surface area contributed by atoms with Gasteiger partial charge in [-0.2, -0.15) is 0 Å². The van der Waals surface area contributed by atoms with Crippen molar-refractivity contribution in [1.82, 2.24) is 9.97 Å². The molecule has 0 spiro atoms. The first-order valence-electron chi connectivity index (χ1n) is 5.26. The normalized spacial score (nSPS) is 11.0. The van der Waals surface area contributed by atoms with Gasteiger partial charge in [0.15, 0.2) is 0 Å². The summed E-state index contributed by atoms with van der Waals surface area (Å²) >= 11 is 6.04. The van der Waals surface area contributed by atoms with Gasteiger partial charge in [-0.1, -0.05) is 11.6 Å². The minimum Gasteiger partial charge on any atom is -0.508 e. The maximum Gasteiger partial charge on any atom is 0.139 e. The van der Waals surface area contributed by atoms with E-state index >= 15 is 0 Å². The molecule has 0 aliphatic carbocycles. The van der Waals surface area contributed by atoms with Crippen LogP contribution >= 0.6 is 11.6 Å². The second-order valence-corrected chi connectivity index (χ2v) is 4.34. The third-order valence-electron chi connectivity index (χ3n) is 2.67. The van der Waals surface area contributed by atoms with Gasteiger partial charge >= 0.3 is 0 Å². The van der Waals surface area contributed by atoms with E-state index in [1.165, 1.54) is 12.1 Å². The summed E-state index contributed by atoms with van der Waals surface area (Å²) in [7, 11) is 0. The molecular weight excluding hydrogens is 255 g/mol. The van der Waals surface area contributed by atoms with Crippen LogP contribution in [0.25, 0.3) is 22.3 Å². The van der Waals surface area contributed by atoms with Crippen LogP contribution in [-0.4, -0.2) is 15.1 Å². The van der Waals surface area contributed by atoms with Gasteiger partial charge in [0, 0.05) is 28.9 Å². The van der Waals surface area contributed by atoms with Crippen molar-refractivity contribution >= 4 is 22.6 Å². The van der Waals surface area contributed by atoms with Crippen molar-refractivity contribution in [2.24, 2.45) is 0 Å². The van der Waals surface area contributed by atoms with Crippen LogP contribution in [0.15, 0.2) is 36.5 Å². The summed E-state index contributed by atoms with van der Waals surface area (Å²) in [5.74, 6) is -0.620. The Kier molecular flexibility index (Phi) is 2.45. The van der Waals surface area contributed by atoms with Crippen LogP contribution in [-0.2, 0) is 0 Å². The number of halogens is 2. The zero-order valence-corrected chi connectivity index (χ0v) is 9.87. The smallest absolute Gasteiger partial charge is 0.139 e. The Morgan fingerprint density at radius 1 is 1.22 bits per heavy atom. The molecular formula is C13H8ClFN2O. The lowest BCUT2D eigenvalue weighted by atomic mass is 10.1. The molecule has 0 amide bonds. The van der Waals surface area contributed by atoms with Gasteiger partial charge < -0.3 is 10.1 Å². The molecule has 0 saturated heterocycles. The fourth-order valence-corrected chi connectivity index (χ4v) is 2.08. The van der Waals surface area contributed by atoms with Crippen LogP contribution in [0.2, 0.25) is 5.02 Å². The van der Waals surface area contributed by atoms with E-state index in [1.54, 1.807) is 18.3 Å². The highest BCUT2D eigenvalue weighted by Gasteiger charge is 2.08. The number of benzene rings is 1. The lowest BCUT2D eigenvalue weighted by Crippen LogP contribution is -1.81. The Labute approximate surface area is 107 Å². The number of nitrogens with one attached hydrogen (secondary N) is 1. The molecule has 3 rings (SSSR count). The number of H-pyrrole nitrogens is 1. The number of hydrogen-bond acceptors (Lipinski definition) is 2. The first-order valence-corrected chi connectivity index (χ1v) is 5.64. The van der Waals surface area contributed by atoms with E-state index in [4.69, 9.17) is 11.6 Å². The standard InChI is InChI=1S/C13H8ClFN2O/c14-11-1-2-16-13-10(11)6-12(17-13)7-3-8(15)5-9(18)4-7/h1-6,18H,(H,16,17). The number of aromatic amines is 1. The van der Waals surface area contributed by atoms with Crippen molar-refractivity contribution in [1.29, 1.82) is 0 Å². The van der Waals surface area contributed by atoms with Crippen LogP contribution < -0.4 is 0 Å². The minimum absolute atomic E-state index is 0.122. The van der Waals surface area contributed by atoms with Gasteiger partial charge in [0.05, 0.1) is 5.02 Å². The molecule has 1 aromatic carbocycles. The van der Waals surface area contributed by atoms with Crippen LogP contribution in [0.3, 0.4) is 0 Å². The zero-order chi connectivity index (χ0) is 12.7. The molecule has 0 radical (unpaired) electrons. The van der Waals surface area contributed by atoms with Crippen LogP contribution in [0.4, 0.5) is 4.39 Å². The van der Waals surface area contributed by atoms with Gasteiger partial charge in [-0.3, -0.25) is 0 Å². The quantitative estimate of drug-likeness (QED) is 0.702. The first-order chi connectivity index (χ1) is 8.63. The number of rotatable bonds is 1. The molecule has 2 heterocycles. The number of nitrogens with zero attached hydrogens (tertiary/aromatic N) is 1. The lowest BCUT2D eigenvalue weighted by molar-refractivity contribution is 0.469. The number of aromatic hydroxyl groups is 1. The Bertz CT molecular complexity index is 719. The molecule has 0 fully saturated rings. The summed E-state index contributed by atoms with van der Waals surface area (Å²) in [5.41, 5.74) is 1.82. The molecule has 0 saturated carbocycles. The number of hydrogen-bond donors (Lipinski definition) is 2. The van der Waals surface area contributed by atoms with Gasteiger partial charge in [0.2, 0.25) is 0 Å². The Balaban J connectivity index is 2.22. The molecule has 3 aromatic rings. The average Bonchev–Trinajstić information content (AvgIpc) is 2.73. The molecule has 18 heavy (non-hydrogen) atoms. The molecule has 0 aliphatic rings. The van der Waals surface area contributed by atoms with Crippen molar-refractivity contribution < 1.29 is 9.50 Å². The van der Waals surface area contributed by atoms with Crippen molar-refractivity contribution in [3.63, 3.8) is 0 Å². The second-order valence-electron chi connectivity index (χ2n) is 3.94. The second kappa shape index (κ2) is 3.99. The molecule has 0 aliphatic heterocycles. The van der Waals surface area contributed by atoms with E-state index in [1.807, 2.05) is 0 Å². The van der Waals surface area contributed by atoms with E-state index in [0.29, 0.717) is 21.9 Å². The summed E-state index contributed by atoms with van der Waals surface area (Å²) < 4.78 is 13.2. The summed E-state index contributed by atoms with van der Waals surface area (Å²) in [6.45, 7) is 0. The number of phenolic OH excluding ortho intramolecular Hbond substituents is 1. The van der Waals surface area contributed by atoms with E-state index in [-0.39, 0.29) is 5.75 Å². The number of pyridine rings is 1. The molecule has 90 valence electrons. The lowest BCUT2D eigenvalue weighted by Gasteiger charge is -1.99. The first kappa shape index (κ1) is 11.0. The van der Waals surface area contributed by atoms with Crippen LogP contribution in [0, 0.1) is 5.82 Å². The Morgan fingerprint density at radius 3 is 2.78 bits per heavy atom. The predicted octanol–water partition coefficient (Wildman–Crippen LogP) is 3.73. The number of fused-ring (bicyclic) bond motifs is 1. The van der Waals surface area contributed by atoms with Gasteiger partial charge in [0.1, 0.15) is 17.2 Å². The SMILES string of the molecule is Oc1cc(F)cc(-c2cc3c(Cl)ccnc3[nH]2)c1. The van der Waals surface area contributed by atoms with E-state index in [0.717, 1.165) is 11.5 Å². The van der Waals surface area contributed by atoms with E-state index < -0.39 is 5.82 Å². The van der Waals surface area contributed by atoms with Gasteiger partial charge in [-0.05, 0) is 24.3 Å². The molecule has 0 bridgehead atoms. The average molecular weight is 263 g/mol. The highest BCUT2D eigenvalue weighted by Crippen LogP contribution is 2.29. The monoisotopic (exact) mass is 262 g/mol. The number of phenols is 1. The fraction of sp³-hybridized carbons (Fsp3) is 0. The number of aromatic nitrogens is 2. The molecule has 0 atom stereocenters. The highest BCUT2D eigenvalue weighted by atomic mass is 35.5. The minimum atomic E-state index is -0.497. The van der Waals surface area contributed by atoms with Crippen LogP contribution in [0.1, 0.15) is 0 Å². The molecule has 0 unspecified atom stereocenters. The fourth-order valence-electron chi connectivity index (χ4n) is 1.88. The van der Waals surface area contributed by atoms with Crippen molar-refractivity contribution in [2.45, 2.75) is 0 Å². The van der Waals surface area contributed by atoms with Gasteiger partial charge in [0.25, 0.3) is 0 Å². The summed E-state index contributed by atoms with van der Waals surface area (Å²) in [6, 6.07) is 7.32. The molecule has 2 aromatic heterocycles. The van der Waals surface area contributed by atoms with Crippen molar-refractivity contribution in [3.05, 3.63) is 47.4 Å². The summed E-state index contributed by atoms with van der Waals surface area (Å²) in [5, 5.41) is 10.7. The van der Waals surface area contributed by atoms with Crippen molar-refractivity contribution in [2.75, 3.05) is 0 Å². The third kappa shape index (κ3) is 1.80.